The summed E-state index contributed by atoms with van der Waals surface area (Å²) in [5.41, 5.74) is 2.40. The summed E-state index contributed by atoms with van der Waals surface area (Å²) in [6, 6.07) is 10.8. The van der Waals surface area contributed by atoms with Gasteiger partial charge >= 0.3 is 5.97 Å². The topological polar surface area (TPSA) is 127 Å². The van der Waals surface area contributed by atoms with Gasteiger partial charge in [-0.3, -0.25) is 19.9 Å². The van der Waals surface area contributed by atoms with E-state index in [1.54, 1.807) is 41.6 Å². The van der Waals surface area contributed by atoms with Crippen molar-refractivity contribution >= 4 is 34.5 Å². The maximum Gasteiger partial charge on any atom is 0.338 e. The number of amidine groups is 1. The summed E-state index contributed by atoms with van der Waals surface area (Å²) in [7, 11) is 0. The average Bonchev–Trinajstić information content (AvgIpc) is 3.27. The van der Waals surface area contributed by atoms with Crippen molar-refractivity contribution in [2.75, 3.05) is 6.61 Å². The molecule has 0 spiro atoms. The summed E-state index contributed by atoms with van der Waals surface area (Å²) in [5.74, 6) is -0.851. The molecule has 0 fully saturated rings. The second kappa shape index (κ2) is 11.0. The van der Waals surface area contributed by atoms with Crippen LogP contribution >= 0.6 is 11.8 Å². The molecule has 2 aliphatic rings. The van der Waals surface area contributed by atoms with Crippen LogP contribution in [0.5, 0.6) is 0 Å². The number of thioether (sulfide) groups is 1. The number of hydrogen-bond acceptors (Lipinski definition) is 9. The van der Waals surface area contributed by atoms with Crippen molar-refractivity contribution in [2.45, 2.75) is 25.9 Å². The van der Waals surface area contributed by atoms with Gasteiger partial charge in [-0.15, -0.1) is 0 Å². The van der Waals surface area contributed by atoms with Gasteiger partial charge in [0.15, 0.2) is 5.17 Å². The first kappa shape index (κ1) is 24.9. The van der Waals surface area contributed by atoms with Crippen LogP contribution in [0.3, 0.4) is 0 Å². The number of nitrogens with zero attached hydrogens (tertiary/aromatic N) is 4. The van der Waals surface area contributed by atoms with Gasteiger partial charge in [-0.1, -0.05) is 42.6 Å². The van der Waals surface area contributed by atoms with Crippen molar-refractivity contribution in [3.8, 4) is 0 Å². The maximum absolute atomic E-state index is 13.1. The number of allylic oxidation sites excluding steroid dienone is 1. The first-order valence-electron chi connectivity index (χ1n) is 11.0. The van der Waals surface area contributed by atoms with Gasteiger partial charge in [-0.05, 0) is 30.0 Å². The van der Waals surface area contributed by atoms with Gasteiger partial charge in [0.05, 0.1) is 40.9 Å². The number of aromatic nitrogens is 1. The standard InChI is InChI=1S/C25H23N5O5S/c1-3-11-35-24(32)22-16(2)28-25-29(23(22)17-7-6-9-19(12-17)30(33)34)20(15-36-25)13-21(31)27-14-18-8-4-5-10-26-18/h3-10,12,15,23H,1,11,13-14H2,2H3,(H,27,31)/t23-/m1/s1. The molecule has 0 bridgehead atoms. The molecule has 11 heteroatoms. The molecule has 1 amide bonds. The molecule has 0 unspecified atom stereocenters. The second-order valence-corrected chi connectivity index (χ2v) is 8.74. The van der Waals surface area contributed by atoms with Crippen LogP contribution in [0.2, 0.25) is 0 Å². The Morgan fingerprint density at radius 2 is 2.14 bits per heavy atom. The van der Waals surface area contributed by atoms with E-state index >= 15 is 0 Å². The number of aliphatic imine (C=N–C) groups is 1. The number of esters is 1. The summed E-state index contributed by atoms with van der Waals surface area (Å²) in [5, 5.41) is 16.7. The number of benzene rings is 1. The molecule has 1 aromatic heterocycles. The molecule has 184 valence electrons. The molecule has 0 radical (unpaired) electrons. The minimum atomic E-state index is -0.764. The third kappa shape index (κ3) is 5.36. The Morgan fingerprint density at radius 3 is 2.86 bits per heavy atom. The van der Waals surface area contributed by atoms with E-state index in [0.717, 1.165) is 5.69 Å². The van der Waals surface area contributed by atoms with Gasteiger partial charge in [0.25, 0.3) is 5.69 Å². The van der Waals surface area contributed by atoms with Crippen LogP contribution in [0.4, 0.5) is 5.69 Å². The van der Waals surface area contributed by atoms with E-state index in [2.05, 4.69) is 21.9 Å². The summed E-state index contributed by atoms with van der Waals surface area (Å²) < 4.78 is 5.33. The van der Waals surface area contributed by atoms with E-state index in [0.29, 0.717) is 22.1 Å². The number of carbonyl (C=O) groups is 2. The summed E-state index contributed by atoms with van der Waals surface area (Å²) in [6.07, 6.45) is 3.12. The molecule has 36 heavy (non-hydrogen) atoms. The molecular weight excluding hydrogens is 482 g/mol. The minimum Gasteiger partial charge on any atom is -0.458 e. The monoisotopic (exact) mass is 505 g/mol. The van der Waals surface area contributed by atoms with Crippen LogP contribution in [0, 0.1) is 10.1 Å². The number of nitrogens with one attached hydrogen (secondary N) is 1. The largest absolute Gasteiger partial charge is 0.458 e. The molecule has 10 nitrogen and oxygen atoms in total. The van der Waals surface area contributed by atoms with Crippen LogP contribution in [0.1, 0.15) is 30.6 Å². The highest BCUT2D eigenvalue weighted by Crippen LogP contribution is 2.45. The lowest BCUT2D eigenvalue weighted by molar-refractivity contribution is -0.384. The Labute approximate surface area is 211 Å². The van der Waals surface area contributed by atoms with Gasteiger partial charge in [0, 0.05) is 24.0 Å². The number of fused-ring (bicyclic) bond motifs is 1. The molecule has 2 aromatic rings. The molecule has 1 N–H and O–H groups in total. The van der Waals surface area contributed by atoms with Crippen LogP contribution in [0.15, 0.2) is 88.7 Å². The fraction of sp³-hybridized carbons (Fsp3) is 0.200. The molecule has 0 saturated carbocycles. The van der Waals surface area contributed by atoms with E-state index < -0.39 is 16.9 Å². The number of nitro benzene ring substituents is 1. The molecule has 4 rings (SSSR count). The van der Waals surface area contributed by atoms with Gasteiger partial charge < -0.3 is 15.0 Å². The molecule has 0 aliphatic carbocycles. The second-order valence-electron chi connectivity index (χ2n) is 7.91. The number of ether oxygens (including phenoxy) is 1. The summed E-state index contributed by atoms with van der Waals surface area (Å²) in [6.45, 7) is 5.54. The SMILES string of the molecule is C=CCOC(=O)C1=C(C)N=C2SC=C(CC(=O)NCc3ccccn3)N2[C@@H]1c1cccc([N+](=O)[O-])c1. The quantitative estimate of drug-likeness (QED) is 0.234. The first-order valence-corrected chi connectivity index (χ1v) is 11.9. The lowest BCUT2D eigenvalue weighted by Gasteiger charge is -2.36. The third-order valence-electron chi connectivity index (χ3n) is 5.48. The maximum atomic E-state index is 13.1. The van der Waals surface area contributed by atoms with Crippen LogP contribution < -0.4 is 5.32 Å². The minimum absolute atomic E-state index is 0.00121. The lowest BCUT2D eigenvalue weighted by atomic mass is 9.93. The first-order chi connectivity index (χ1) is 17.4. The average molecular weight is 506 g/mol. The van der Waals surface area contributed by atoms with Crippen LogP contribution in [-0.2, 0) is 20.9 Å². The van der Waals surface area contributed by atoms with E-state index in [1.807, 2.05) is 12.1 Å². The van der Waals surface area contributed by atoms with Crippen molar-refractivity contribution < 1.29 is 19.2 Å². The van der Waals surface area contributed by atoms with Crippen molar-refractivity contribution in [1.82, 2.24) is 15.2 Å². The van der Waals surface area contributed by atoms with Crippen molar-refractivity contribution in [1.29, 1.82) is 0 Å². The fourth-order valence-electron chi connectivity index (χ4n) is 3.89. The van der Waals surface area contributed by atoms with E-state index in [4.69, 9.17) is 4.74 Å². The predicted molar refractivity (Wildman–Crippen MR) is 135 cm³/mol. The van der Waals surface area contributed by atoms with Gasteiger partial charge in [0.2, 0.25) is 5.91 Å². The summed E-state index contributed by atoms with van der Waals surface area (Å²) in [4.78, 5) is 47.4. The Balaban J connectivity index is 1.65. The lowest BCUT2D eigenvalue weighted by Crippen LogP contribution is -2.38. The summed E-state index contributed by atoms with van der Waals surface area (Å²) >= 11 is 1.32. The molecule has 0 saturated heterocycles. The van der Waals surface area contributed by atoms with E-state index in [9.17, 15) is 19.7 Å². The number of carbonyl (C=O) groups excluding carboxylic acids is 2. The fourth-order valence-corrected chi connectivity index (χ4v) is 4.85. The number of hydrogen-bond donors (Lipinski definition) is 1. The highest BCUT2D eigenvalue weighted by Gasteiger charge is 2.41. The zero-order valence-electron chi connectivity index (χ0n) is 19.4. The van der Waals surface area contributed by atoms with E-state index in [-0.39, 0.29) is 36.7 Å². The van der Waals surface area contributed by atoms with Crippen molar-refractivity contribution in [3.05, 3.63) is 105 Å². The molecular formula is C25H23N5O5S. The highest BCUT2D eigenvalue weighted by atomic mass is 32.2. The smallest absolute Gasteiger partial charge is 0.338 e. The Morgan fingerprint density at radius 1 is 1.31 bits per heavy atom. The molecule has 1 atom stereocenters. The zero-order valence-corrected chi connectivity index (χ0v) is 20.2. The van der Waals surface area contributed by atoms with Crippen molar-refractivity contribution in [3.63, 3.8) is 0 Å². The Kier molecular flexibility index (Phi) is 7.59. The Bertz CT molecular complexity index is 1300. The molecule has 2 aliphatic heterocycles. The number of non-ortho nitro benzene ring substituents is 1. The third-order valence-corrected chi connectivity index (χ3v) is 6.37. The van der Waals surface area contributed by atoms with Gasteiger partial charge in [-0.25, -0.2) is 9.79 Å². The predicted octanol–water partition coefficient (Wildman–Crippen LogP) is 4.00. The Hall–Kier alpha value is -4.25. The number of pyridine rings is 1. The molecule has 1 aromatic carbocycles. The zero-order chi connectivity index (χ0) is 25.7. The molecule has 3 heterocycles. The van der Waals surface area contributed by atoms with Crippen LogP contribution in [0.25, 0.3) is 0 Å². The van der Waals surface area contributed by atoms with E-state index in [1.165, 1.54) is 30.0 Å². The van der Waals surface area contributed by atoms with Crippen molar-refractivity contribution in [2.24, 2.45) is 4.99 Å². The number of rotatable bonds is 9. The number of nitro groups is 1. The number of amides is 1. The van der Waals surface area contributed by atoms with Crippen LogP contribution in [-0.4, -0.2) is 38.5 Å². The normalized spacial score (nSPS) is 16.6. The van der Waals surface area contributed by atoms with Gasteiger partial charge in [-0.2, -0.15) is 0 Å². The van der Waals surface area contributed by atoms with Gasteiger partial charge in [0.1, 0.15) is 6.61 Å². The highest BCUT2D eigenvalue weighted by molar-refractivity contribution is 8.16.